The van der Waals surface area contributed by atoms with Gasteiger partial charge in [-0.05, 0) is 37.0 Å². The van der Waals surface area contributed by atoms with Crippen LogP contribution < -0.4 is 9.47 Å². The Morgan fingerprint density at radius 1 is 1.10 bits per heavy atom. The van der Waals surface area contributed by atoms with Gasteiger partial charge in [-0.1, -0.05) is 26.0 Å². The van der Waals surface area contributed by atoms with Gasteiger partial charge in [0.1, 0.15) is 18.1 Å². The summed E-state index contributed by atoms with van der Waals surface area (Å²) in [7, 11) is 1.66. The van der Waals surface area contributed by atoms with Crippen LogP contribution in [-0.4, -0.2) is 12.1 Å². The molecule has 0 spiro atoms. The predicted octanol–water partition coefficient (Wildman–Crippen LogP) is 4.41. The third-order valence-corrected chi connectivity index (χ3v) is 3.47. The van der Waals surface area contributed by atoms with E-state index in [9.17, 15) is 0 Å². The molecule has 0 fully saturated rings. The molecule has 2 rings (SSSR count). The lowest BCUT2D eigenvalue weighted by Gasteiger charge is -2.13. The Morgan fingerprint density at radius 3 is 2.52 bits per heavy atom. The van der Waals surface area contributed by atoms with E-state index < -0.39 is 0 Å². The van der Waals surface area contributed by atoms with Crippen LogP contribution in [0.3, 0.4) is 0 Å². The number of rotatable bonds is 5. The van der Waals surface area contributed by atoms with Gasteiger partial charge in [-0.15, -0.1) is 0 Å². The minimum absolute atomic E-state index is 0.445. The van der Waals surface area contributed by atoms with E-state index in [4.69, 9.17) is 9.47 Å². The Hall–Kier alpha value is -2.03. The number of pyridine rings is 1. The Kier molecular flexibility index (Phi) is 4.84. The molecule has 1 aromatic carbocycles. The number of nitrogens with zero attached hydrogens (tertiary/aromatic N) is 1. The molecule has 0 amide bonds. The zero-order valence-corrected chi connectivity index (χ0v) is 13.4. The molecule has 1 heterocycles. The summed E-state index contributed by atoms with van der Waals surface area (Å²) >= 11 is 0. The first kappa shape index (κ1) is 15.4. The van der Waals surface area contributed by atoms with Gasteiger partial charge >= 0.3 is 0 Å². The first-order chi connectivity index (χ1) is 9.99. The standard InChI is InChI=1S/C18H23NO2/c1-12(2)15-7-6-13(3)18(9-15)21-11-16-10-17(20-5)8-14(4)19-16/h6-10,12H,11H2,1-5H3. The van der Waals surface area contributed by atoms with E-state index in [1.807, 2.05) is 19.1 Å². The van der Waals surface area contributed by atoms with Gasteiger partial charge in [-0.2, -0.15) is 0 Å². The van der Waals surface area contributed by atoms with Crippen molar-refractivity contribution in [3.05, 3.63) is 52.8 Å². The lowest BCUT2D eigenvalue weighted by Crippen LogP contribution is -2.02. The number of hydrogen-bond donors (Lipinski definition) is 0. The highest BCUT2D eigenvalue weighted by atomic mass is 16.5. The van der Waals surface area contributed by atoms with Crippen molar-refractivity contribution >= 4 is 0 Å². The zero-order chi connectivity index (χ0) is 15.4. The molecule has 0 unspecified atom stereocenters. The predicted molar refractivity (Wildman–Crippen MR) is 85.1 cm³/mol. The molecule has 21 heavy (non-hydrogen) atoms. The molecule has 3 nitrogen and oxygen atoms in total. The molecule has 0 radical (unpaired) electrons. The maximum atomic E-state index is 5.95. The smallest absolute Gasteiger partial charge is 0.130 e. The zero-order valence-electron chi connectivity index (χ0n) is 13.4. The number of methoxy groups -OCH3 is 1. The number of hydrogen-bond acceptors (Lipinski definition) is 3. The second-order valence-electron chi connectivity index (χ2n) is 5.61. The molecule has 0 saturated carbocycles. The van der Waals surface area contributed by atoms with Gasteiger partial charge in [0.2, 0.25) is 0 Å². The monoisotopic (exact) mass is 285 g/mol. The van der Waals surface area contributed by atoms with E-state index in [1.54, 1.807) is 7.11 Å². The van der Waals surface area contributed by atoms with Crippen molar-refractivity contribution in [1.29, 1.82) is 0 Å². The van der Waals surface area contributed by atoms with E-state index >= 15 is 0 Å². The molecule has 2 aromatic rings. The molecule has 1 aromatic heterocycles. The molecular weight excluding hydrogens is 262 g/mol. The molecule has 0 aliphatic rings. The van der Waals surface area contributed by atoms with Crippen molar-refractivity contribution in [2.45, 2.75) is 40.2 Å². The molecule has 112 valence electrons. The lowest BCUT2D eigenvalue weighted by atomic mass is 10.0. The maximum Gasteiger partial charge on any atom is 0.130 e. The number of aromatic nitrogens is 1. The highest BCUT2D eigenvalue weighted by Crippen LogP contribution is 2.25. The Balaban J connectivity index is 2.16. The van der Waals surface area contributed by atoms with Crippen LogP contribution in [0.15, 0.2) is 30.3 Å². The summed E-state index contributed by atoms with van der Waals surface area (Å²) in [6.45, 7) is 8.82. The van der Waals surface area contributed by atoms with Crippen molar-refractivity contribution in [3.8, 4) is 11.5 Å². The average molecular weight is 285 g/mol. The molecular formula is C18H23NO2. The summed E-state index contributed by atoms with van der Waals surface area (Å²) in [5.74, 6) is 2.22. The molecule has 0 aliphatic heterocycles. The number of aryl methyl sites for hydroxylation is 2. The van der Waals surface area contributed by atoms with Crippen LogP contribution in [0.1, 0.15) is 42.3 Å². The van der Waals surface area contributed by atoms with Crippen molar-refractivity contribution in [2.24, 2.45) is 0 Å². The Morgan fingerprint density at radius 2 is 1.86 bits per heavy atom. The second-order valence-corrected chi connectivity index (χ2v) is 5.61. The first-order valence-corrected chi connectivity index (χ1v) is 7.24. The van der Waals surface area contributed by atoms with Gasteiger partial charge in [0, 0.05) is 17.8 Å². The van der Waals surface area contributed by atoms with Crippen molar-refractivity contribution in [2.75, 3.05) is 7.11 Å². The van der Waals surface area contributed by atoms with Gasteiger partial charge in [0.25, 0.3) is 0 Å². The highest BCUT2D eigenvalue weighted by Gasteiger charge is 2.07. The largest absolute Gasteiger partial charge is 0.497 e. The highest BCUT2D eigenvalue weighted by molar-refractivity contribution is 5.38. The van der Waals surface area contributed by atoms with Crippen molar-refractivity contribution in [3.63, 3.8) is 0 Å². The molecule has 0 atom stereocenters. The van der Waals surface area contributed by atoms with Gasteiger partial charge in [0.05, 0.1) is 12.8 Å². The normalized spacial score (nSPS) is 10.8. The summed E-state index contributed by atoms with van der Waals surface area (Å²) in [4.78, 5) is 4.48. The van der Waals surface area contributed by atoms with Crippen LogP contribution in [0.4, 0.5) is 0 Å². The Labute approximate surface area is 126 Å². The molecule has 3 heteroatoms. The topological polar surface area (TPSA) is 31.4 Å². The van der Waals surface area contributed by atoms with Crippen LogP contribution in [0.5, 0.6) is 11.5 Å². The van der Waals surface area contributed by atoms with Crippen LogP contribution in [0.25, 0.3) is 0 Å². The van der Waals surface area contributed by atoms with E-state index in [0.29, 0.717) is 12.5 Å². The van der Waals surface area contributed by atoms with E-state index in [-0.39, 0.29) is 0 Å². The van der Waals surface area contributed by atoms with Gasteiger partial charge in [0.15, 0.2) is 0 Å². The molecule has 0 aliphatic carbocycles. The van der Waals surface area contributed by atoms with Crippen LogP contribution >= 0.6 is 0 Å². The minimum atomic E-state index is 0.445. The van der Waals surface area contributed by atoms with Crippen LogP contribution in [0.2, 0.25) is 0 Å². The lowest BCUT2D eigenvalue weighted by molar-refractivity contribution is 0.297. The minimum Gasteiger partial charge on any atom is -0.497 e. The number of benzene rings is 1. The number of ether oxygens (including phenoxy) is 2. The third kappa shape index (κ3) is 3.97. The van der Waals surface area contributed by atoms with Crippen molar-refractivity contribution in [1.82, 2.24) is 4.98 Å². The fourth-order valence-electron chi connectivity index (χ4n) is 2.18. The fourth-order valence-corrected chi connectivity index (χ4v) is 2.18. The second kappa shape index (κ2) is 6.61. The van der Waals surface area contributed by atoms with Crippen LogP contribution in [-0.2, 0) is 6.61 Å². The third-order valence-electron chi connectivity index (χ3n) is 3.47. The quantitative estimate of drug-likeness (QED) is 0.815. The maximum absolute atomic E-state index is 5.95. The SMILES string of the molecule is COc1cc(C)nc(COc2cc(C(C)C)ccc2C)c1. The van der Waals surface area contributed by atoms with E-state index in [1.165, 1.54) is 5.56 Å². The van der Waals surface area contributed by atoms with Crippen LogP contribution in [0, 0.1) is 13.8 Å². The molecule has 0 N–H and O–H groups in total. The Bertz CT molecular complexity index is 621. The van der Waals surface area contributed by atoms with E-state index in [2.05, 4.69) is 44.0 Å². The van der Waals surface area contributed by atoms with Crippen molar-refractivity contribution < 1.29 is 9.47 Å². The summed E-state index contributed by atoms with van der Waals surface area (Å²) < 4.78 is 11.2. The molecule has 0 saturated heterocycles. The fraction of sp³-hybridized carbons (Fsp3) is 0.389. The first-order valence-electron chi connectivity index (χ1n) is 7.24. The van der Waals surface area contributed by atoms with Gasteiger partial charge < -0.3 is 9.47 Å². The summed E-state index contributed by atoms with van der Waals surface area (Å²) in [5.41, 5.74) is 4.23. The summed E-state index contributed by atoms with van der Waals surface area (Å²) in [5, 5.41) is 0. The average Bonchev–Trinajstić information content (AvgIpc) is 2.45. The van der Waals surface area contributed by atoms with Gasteiger partial charge in [-0.25, -0.2) is 0 Å². The summed E-state index contributed by atoms with van der Waals surface area (Å²) in [6, 6.07) is 10.2. The summed E-state index contributed by atoms with van der Waals surface area (Å²) in [6.07, 6.45) is 0. The van der Waals surface area contributed by atoms with Gasteiger partial charge in [-0.3, -0.25) is 4.98 Å². The van der Waals surface area contributed by atoms with E-state index in [0.717, 1.165) is 28.5 Å². The molecule has 0 bridgehead atoms.